The molecule has 2 fully saturated rings. The Hall–Kier alpha value is -0.870. The Bertz CT molecular complexity index is 508. The molecule has 1 spiro atoms. The molecule has 23 heavy (non-hydrogen) atoms. The number of imidazole rings is 1. The summed E-state index contributed by atoms with van der Waals surface area (Å²) < 4.78 is 2.29. The molecule has 2 aliphatic rings. The van der Waals surface area contributed by atoms with Gasteiger partial charge in [-0.25, -0.2) is 4.98 Å². The van der Waals surface area contributed by atoms with Crippen molar-refractivity contribution in [1.82, 2.24) is 19.8 Å². The van der Waals surface area contributed by atoms with Crippen molar-refractivity contribution in [3.63, 3.8) is 0 Å². The van der Waals surface area contributed by atoms with Gasteiger partial charge in [-0.15, -0.1) is 0 Å². The molecule has 1 aliphatic carbocycles. The Labute approximate surface area is 141 Å². The number of nitrogens with zero attached hydrogens (tertiary/aromatic N) is 3. The minimum absolute atomic E-state index is 0.397. The van der Waals surface area contributed by atoms with Gasteiger partial charge in [-0.1, -0.05) is 20.8 Å². The minimum atomic E-state index is 0.397. The second kappa shape index (κ2) is 6.56. The molecule has 4 heteroatoms. The van der Waals surface area contributed by atoms with E-state index >= 15 is 0 Å². The van der Waals surface area contributed by atoms with Gasteiger partial charge in [-0.2, -0.15) is 0 Å². The predicted molar refractivity (Wildman–Crippen MR) is 95.3 cm³/mol. The molecule has 1 unspecified atom stereocenters. The molecule has 3 rings (SSSR count). The van der Waals surface area contributed by atoms with Crippen molar-refractivity contribution in [2.24, 2.45) is 10.8 Å². The van der Waals surface area contributed by atoms with Crippen molar-refractivity contribution in [2.45, 2.75) is 72.5 Å². The van der Waals surface area contributed by atoms with Gasteiger partial charge in [0, 0.05) is 25.0 Å². The maximum atomic E-state index is 4.62. The minimum Gasteiger partial charge on any atom is -0.334 e. The van der Waals surface area contributed by atoms with Gasteiger partial charge in [0.1, 0.15) is 5.82 Å². The van der Waals surface area contributed by atoms with Crippen LogP contribution in [0.1, 0.15) is 59.2 Å². The zero-order valence-electron chi connectivity index (χ0n) is 15.4. The topological polar surface area (TPSA) is 33.1 Å². The van der Waals surface area contributed by atoms with Gasteiger partial charge in [0.15, 0.2) is 0 Å². The summed E-state index contributed by atoms with van der Waals surface area (Å²) in [7, 11) is 0. The summed E-state index contributed by atoms with van der Waals surface area (Å²) in [6.07, 6.45) is 9.42. The first-order valence-corrected chi connectivity index (χ1v) is 9.38. The summed E-state index contributed by atoms with van der Waals surface area (Å²) >= 11 is 0. The molecule has 1 aromatic rings. The fraction of sp³-hybridized carbons (Fsp3) is 0.842. The number of nitrogens with one attached hydrogen (secondary N) is 1. The van der Waals surface area contributed by atoms with Crippen LogP contribution in [0.25, 0.3) is 0 Å². The Morgan fingerprint density at radius 2 is 2.09 bits per heavy atom. The van der Waals surface area contributed by atoms with Crippen LogP contribution >= 0.6 is 0 Å². The molecule has 1 aliphatic heterocycles. The fourth-order valence-corrected chi connectivity index (χ4v) is 4.09. The molecule has 2 heterocycles. The SMILES string of the molecule is CCn1ccnc1CN(CCC(C)(C)C)C1CC12CCNCC2. The van der Waals surface area contributed by atoms with E-state index in [1.165, 1.54) is 51.1 Å². The lowest BCUT2D eigenvalue weighted by Gasteiger charge is -2.31. The highest BCUT2D eigenvalue weighted by Gasteiger charge is 2.56. The van der Waals surface area contributed by atoms with Crippen LogP contribution in [-0.4, -0.2) is 40.1 Å². The fourth-order valence-electron chi connectivity index (χ4n) is 4.09. The first-order chi connectivity index (χ1) is 10.9. The van der Waals surface area contributed by atoms with Gasteiger partial charge in [0.2, 0.25) is 0 Å². The van der Waals surface area contributed by atoms with Crippen LogP contribution in [0, 0.1) is 10.8 Å². The largest absolute Gasteiger partial charge is 0.334 e. The number of rotatable bonds is 6. The van der Waals surface area contributed by atoms with Crippen molar-refractivity contribution in [1.29, 1.82) is 0 Å². The average Bonchev–Trinajstić information content (AvgIpc) is 2.99. The maximum absolute atomic E-state index is 4.62. The first-order valence-electron chi connectivity index (χ1n) is 9.38. The third kappa shape index (κ3) is 3.97. The Kier molecular flexibility index (Phi) is 4.84. The highest BCUT2D eigenvalue weighted by atomic mass is 15.2. The molecule has 130 valence electrons. The highest BCUT2D eigenvalue weighted by molar-refractivity contribution is 5.11. The zero-order valence-corrected chi connectivity index (χ0v) is 15.4. The molecule has 1 N–H and O–H groups in total. The second-order valence-electron chi connectivity index (χ2n) is 8.74. The summed E-state index contributed by atoms with van der Waals surface area (Å²) in [5, 5.41) is 3.52. The standard InChI is InChI=1S/C19H34N4/c1-5-22-13-11-21-17(22)15-23(12-8-18(2,3)4)16-14-19(16)6-9-20-10-7-19/h11,13,16,20H,5-10,12,14-15H2,1-4H3. The molecule has 1 saturated carbocycles. The summed E-state index contributed by atoms with van der Waals surface area (Å²) in [5.74, 6) is 1.23. The third-order valence-electron chi connectivity index (χ3n) is 5.82. The van der Waals surface area contributed by atoms with E-state index in [0.717, 1.165) is 19.1 Å². The van der Waals surface area contributed by atoms with Crippen LogP contribution in [-0.2, 0) is 13.1 Å². The van der Waals surface area contributed by atoms with E-state index < -0.39 is 0 Å². The van der Waals surface area contributed by atoms with Gasteiger partial charge < -0.3 is 9.88 Å². The molecule has 0 amide bonds. The van der Waals surface area contributed by atoms with Gasteiger partial charge in [0.25, 0.3) is 0 Å². The molecule has 1 saturated heterocycles. The zero-order chi connectivity index (χ0) is 16.5. The smallest absolute Gasteiger partial charge is 0.122 e. The van der Waals surface area contributed by atoms with E-state index in [9.17, 15) is 0 Å². The van der Waals surface area contributed by atoms with Gasteiger partial charge >= 0.3 is 0 Å². The van der Waals surface area contributed by atoms with Crippen molar-refractivity contribution in [3.05, 3.63) is 18.2 Å². The Balaban J connectivity index is 1.69. The van der Waals surface area contributed by atoms with Crippen LogP contribution in [0.15, 0.2) is 12.4 Å². The monoisotopic (exact) mass is 318 g/mol. The van der Waals surface area contributed by atoms with Gasteiger partial charge in [0.05, 0.1) is 6.54 Å². The summed E-state index contributed by atoms with van der Waals surface area (Å²) in [6.45, 7) is 14.9. The Morgan fingerprint density at radius 1 is 1.35 bits per heavy atom. The van der Waals surface area contributed by atoms with Crippen LogP contribution < -0.4 is 5.32 Å². The molecule has 1 atom stereocenters. The molecule has 0 aromatic carbocycles. The lowest BCUT2D eigenvalue weighted by molar-refractivity contribution is 0.167. The van der Waals surface area contributed by atoms with Crippen LogP contribution in [0.4, 0.5) is 0 Å². The molecule has 4 nitrogen and oxygen atoms in total. The van der Waals surface area contributed by atoms with Crippen molar-refractivity contribution in [2.75, 3.05) is 19.6 Å². The van der Waals surface area contributed by atoms with E-state index in [-0.39, 0.29) is 0 Å². The first kappa shape index (κ1) is 17.0. The number of hydrogen-bond acceptors (Lipinski definition) is 3. The molecular formula is C19H34N4. The molecule has 1 aromatic heterocycles. The highest BCUT2D eigenvalue weighted by Crippen LogP contribution is 2.56. The summed E-state index contributed by atoms with van der Waals surface area (Å²) in [4.78, 5) is 7.37. The van der Waals surface area contributed by atoms with E-state index in [0.29, 0.717) is 10.8 Å². The Morgan fingerprint density at radius 3 is 2.74 bits per heavy atom. The van der Waals surface area contributed by atoms with E-state index in [1.807, 2.05) is 6.20 Å². The number of piperidine rings is 1. The van der Waals surface area contributed by atoms with E-state index in [1.54, 1.807) is 0 Å². The van der Waals surface area contributed by atoms with Crippen LogP contribution in [0.2, 0.25) is 0 Å². The average molecular weight is 319 g/mol. The quantitative estimate of drug-likeness (QED) is 0.874. The second-order valence-corrected chi connectivity index (χ2v) is 8.74. The van der Waals surface area contributed by atoms with Crippen molar-refractivity contribution >= 4 is 0 Å². The maximum Gasteiger partial charge on any atom is 0.122 e. The molecular weight excluding hydrogens is 284 g/mol. The number of aryl methyl sites for hydroxylation is 1. The van der Waals surface area contributed by atoms with Crippen molar-refractivity contribution in [3.8, 4) is 0 Å². The van der Waals surface area contributed by atoms with Crippen LogP contribution in [0.5, 0.6) is 0 Å². The lowest BCUT2D eigenvalue weighted by atomic mass is 9.91. The summed E-state index contributed by atoms with van der Waals surface area (Å²) in [5.41, 5.74) is 1.00. The number of hydrogen-bond donors (Lipinski definition) is 1. The summed E-state index contributed by atoms with van der Waals surface area (Å²) in [6, 6.07) is 0.772. The van der Waals surface area contributed by atoms with Crippen LogP contribution in [0.3, 0.4) is 0 Å². The van der Waals surface area contributed by atoms with E-state index in [2.05, 4.69) is 53.7 Å². The third-order valence-corrected chi connectivity index (χ3v) is 5.82. The van der Waals surface area contributed by atoms with Gasteiger partial charge in [-0.3, -0.25) is 4.90 Å². The van der Waals surface area contributed by atoms with E-state index in [4.69, 9.17) is 0 Å². The number of aromatic nitrogens is 2. The van der Waals surface area contributed by atoms with Gasteiger partial charge in [-0.05, 0) is 63.1 Å². The van der Waals surface area contributed by atoms with Crippen molar-refractivity contribution < 1.29 is 0 Å². The predicted octanol–water partition coefficient (Wildman–Crippen LogP) is 3.28. The molecule has 0 bridgehead atoms. The lowest BCUT2D eigenvalue weighted by Crippen LogP contribution is -2.37. The normalized spacial score (nSPS) is 23.6. The molecule has 0 radical (unpaired) electrons.